The number of benzene rings is 1. The van der Waals surface area contributed by atoms with Crippen molar-refractivity contribution in [2.24, 2.45) is 10.9 Å². The first-order valence-electron chi connectivity index (χ1n) is 8.94. The van der Waals surface area contributed by atoms with Crippen LogP contribution in [0.3, 0.4) is 0 Å². The molecule has 2 rings (SSSR count). The maximum absolute atomic E-state index is 5.75. The van der Waals surface area contributed by atoms with Crippen molar-refractivity contribution in [3.05, 3.63) is 29.8 Å². The Balaban J connectivity index is 1.64. The van der Waals surface area contributed by atoms with Gasteiger partial charge in [0.05, 0.1) is 26.4 Å². The summed E-state index contributed by atoms with van der Waals surface area (Å²) in [6.07, 6.45) is 1.13. The smallest absolute Gasteiger partial charge is 0.193 e. The summed E-state index contributed by atoms with van der Waals surface area (Å²) in [5.74, 6) is 2.39. The van der Waals surface area contributed by atoms with Gasteiger partial charge in [0.2, 0.25) is 0 Å². The van der Waals surface area contributed by atoms with Crippen LogP contribution in [0.25, 0.3) is 0 Å². The van der Waals surface area contributed by atoms with Gasteiger partial charge in [-0.25, -0.2) is 0 Å². The van der Waals surface area contributed by atoms with Crippen LogP contribution in [-0.4, -0.2) is 71.1 Å². The van der Waals surface area contributed by atoms with Crippen molar-refractivity contribution in [2.75, 3.05) is 60.2 Å². The van der Waals surface area contributed by atoms with Crippen LogP contribution in [-0.2, 0) is 9.47 Å². The molecule has 25 heavy (non-hydrogen) atoms. The molecule has 1 aliphatic heterocycles. The van der Waals surface area contributed by atoms with E-state index in [1.807, 2.05) is 19.2 Å². The van der Waals surface area contributed by atoms with E-state index in [-0.39, 0.29) is 0 Å². The van der Waals surface area contributed by atoms with E-state index < -0.39 is 0 Å². The lowest BCUT2D eigenvalue weighted by Crippen LogP contribution is -2.41. The lowest BCUT2D eigenvalue weighted by Gasteiger charge is -2.21. The minimum atomic E-state index is 0.555. The molecule has 0 saturated carbocycles. The largest absolute Gasteiger partial charge is 0.492 e. The Morgan fingerprint density at radius 2 is 2.04 bits per heavy atom. The second-order valence-electron chi connectivity index (χ2n) is 6.30. The van der Waals surface area contributed by atoms with E-state index in [0.717, 1.165) is 44.4 Å². The van der Waals surface area contributed by atoms with Crippen molar-refractivity contribution in [1.29, 1.82) is 0 Å². The molecular formula is C19H31N3O3. The Hall–Kier alpha value is -1.79. The number of ether oxygens (including phenoxy) is 3. The lowest BCUT2D eigenvalue weighted by molar-refractivity contribution is 0.0536. The number of hydrogen-bond donors (Lipinski definition) is 1. The fraction of sp³-hybridized carbons (Fsp3) is 0.632. The second-order valence-corrected chi connectivity index (χ2v) is 6.30. The third kappa shape index (κ3) is 6.92. The zero-order valence-electron chi connectivity index (χ0n) is 15.7. The van der Waals surface area contributed by atoms with Crippen LogP contribution < -0.4 is 10.1 Å². The average Bonchev–Trinajstić information content (AvgIpc) is 3.09. The molecule has 1 saturated heterocycles. The van der Waals surface area contributed by atoms with Gasteiger partial charge in [-0.3, -0.25) is 4.99 Å². The quantitative estimate of drug-likeness (QED) is 0.419. The first kappa shape index (κ1) is 19.5. The molecule has 1 heterocycles. The standard InChI is InChI=1S/C19H31N3O3/c1-16-4-6-18(7-5-16)25-11-9-21-19(20-2)22-10-8-17(14-22)15-24-13-12-23-3/h4-7,17H,8-15H2,1-3H3,(H,20,21). The summed E-state index contributed by atoms with van der Waals surface area (Å²) in [5, 5.41) is 3.38. The topological polar surface area (TPSA) is 55.3 Å². The van der Waals surface area contributed by atoms with E-state index in [2.05, 4.69) is 34.3 Å². The molecule has 0 radical (unpaired) electrons. The number of hydrogen-bond acceptors (Lipinski definition) is 4. The average molecular weight is 349 g/mol. The van der Waals surface area contributed by atoms with Gasteiger partial charge < -0.3 is 24.4 Å². The summed E-state index contributed by atoms with van der Waals surface area (Å²) >= 11 is 0. The molecule has 0 aromatic heterocycles. The Labute approximate surface area is 151 Å². The van der Waals surface area contributed by atoms with Crippen LogP contribution in [0.5, 0.6) is 5.75 Å². The first-order valence-corrected chi connectivity index (χ1v) is 8.94. The Kier molecular flexibility index (Phi) is 8.55. The summed E-state index contributed by atoms with van der Waals surface area (Å²) in [5.41, 5.74) is 1.24. The third-order valence-electron chi connectivity index (χ3n) is 4.26. The highest BCUT2D eigenvalue weighted by Gasteiger charge is 2.24. The van der Waals surface area contributed by atoms with Crippen LogP contribution in [0.2, 0.25) is 0 Å². The van der Waals surface area contributed by atoms with Crippen LogP contribution in [0.1, 0.15) is 12.0 Å². The summed E-state index contributed by atoms with van der Waals surface area (Å²) in [6.45, 7) is 7.50. The number of methoxy groups -OCH3 is 1. The predicted molar refractivity (Wildman–Crippen MR) is 100 cm³/mol. The monoisotopic (exact) mass is 349 g/mol. The van der Waals surface area contributed by atoms with E-state index in [1.165, 1.54) is 5.56 Å². The van der Waals surface area contributed by atoms with Crippen molar-refractivity contribution in [2.45, 2.75) is 13.3 Å². The maximum Gasteiger partial charge on any atom is 0.193 e. The molecule has 1 fully saturated rings. The molecule has 0 bridgehead atoms. The van der Waals surface area contributed by atoms with Crippen LogP contribution in [0.4, 0.5) is 0 Å². The molecule has 6 nitrogen and oxygen atoms in total. The van der Waals surface area contributed by atoms with Crippen molar-refractivity contribution in [3.8, 4) is 5.75 Å². The number of likely N-dealkylation sites (tertiary alicyclic amines) is 1. The minimum absolute atomic E-state index is 0.555. The first-order chi connectivity index (χ1) is 12.2. The molecule has 140 valence electrons. The van der Waals surface area contributed by atoms with Crippen LogP contribution in [0, 0.1) is 12.8 Å². The van der Waals surface area contributed by atoms with Gasteiger partial charge in [-0.05, 0) is 25.5 Å². The molecule has 1 aromatic carbocycles. The molecule has 1 unspecified atom stereocenters. The van der Waals surface area contributed by atoms with Gasteiger partial charge in [0.1, 0.15) is 12.4 Å². The van der Waals surface area contributed by atoms with Crippen molar-refractivity contribution < 1.29 is 14.2 Å². The second kappa shape index (κ2) is 10.9. The van der Waals surface area contributed by atoms with Crippen molar-refractivity contribution in [3.63, 3.8) is 0 Å². The zero-order valence-corrected chi connectivity index (χ0v) is 15.7. The number of nitrogens with zero attached hydrogens (tertiary/aromatic N) is 2. The number of guanidine groups is 1. The number of aliphatic imine (C=N–C) groups is 1. The van der Waals surface area contributed by atoms with Crippen molar-refractivity contribution in [1.82, 2.24) is 10.2 Å². The van der Waals surface area contributed by atoms with Crippen LogP contribution in [0.15, 0.2) is 29.3 Å². The van der Waals surface area contributed by atoms with Crippen LogP contribution >= 0.6 is 0 Å². The van der Waals surface area contributed by atoms with Gasteiger partial charge in [-0.1, -0.05) is 17.7 Å². The van der Waals surface area contributed by atoms with E-state index in [0.29, 0.717) is 25.7 Å². The SMILES string of the molecule is CN=C(NCCOc1ccc(C)cc1)N1CCC(COCCOC)C1. The molecule has 1 aliphatic rings. The maximum atomic E-state index is 5.75. The molecular weight excluding hydrogens is 318 g/mol. The molecule has 1 N–H and O–H groups in total. The number of rotatable bonds is 9. The summed E-state index contributed by atoms with van der Waals surface area (Å²) < 4.78 is 16.4. The number of nitrogens with one attached hydrogen (secondary N) is 1. The molecule has 6 heteroatoms. The summed E-state index contributed by atoms with van der Waals surface area (Å²) in [4.78, 5) is 6.67. The normalized spacial score (nSPS) is 17.8. The van der Waals surface area contributed by atoms with Gasteiger partial charge in [-0.2, -0.15) is 0 Å². The minimum Gasteiger partial charge on any atom is -0.492 e. The van der Waals surface area contributed by atoms with Gasteiger partial charge in [0.15, 0.2) is 5.96 Å². The Bertz CT molecular complexity index is 519. The Morgan fingerprint density at radius 1 is 1.24 bits per heavy atom. The van der Waals surface area contributed by atoms with E-state index in [1.54, 1.807) is 7.11 Å². The van der Waals surface area contributed by atoms with E-state index >= 15 is 0 Å². The van der Waals surface area contributed by atoms with E-state index in [4.69, 9.17) is 14.2 Å². The predicted octanol–water partition coefficient (Wildman–Crippen LogP) is 1.93. The highest BCUT2D eigenvalue weighted by atomic mass is 16.5. The van der Waals surface area contributed by atoms with Gasteiger partial charge >= 0.3 is 0 Å². The summed E-state index contributed by atoms with van der Waals surface area (Å²) in [7, 11) is 3.52. The molecule has 1 atom stereocenters. The molecule has 0 spiro atoms. The Morgan fingerprint density at radius 3 is 2.76 bits per heavy atom. The van der Waals surface area contributed by atoms with Gasteiger partial charge in [-0.15, -0.1) is 0 Å². The molecule has 1 aromatic rings. The lowest BCUT2D eigenvalue weighted by atomic mass is 10.1. The highest BCUT2D eigenvalue weighted by molar-refractivity contribution is 5.80. The number of aryl methyl sites for hydroxylation is 1. The highest BCUT2D eigenvalue weighted by Crippen LogP contribution is 2.16. The van der Waals surface area contributed by atoms with Gasteiger partial charge in [0.25, 0.3) is 0 Å². The van der Waals surface area contributed by atoms with E-state index in [9.17, 15) is 0 Å². The fourth-order valence-electron chi connectivity index (χ4n) is 2.85. The van der Waals surface area contributed by atoms with Crippen molar-refractivity contribution >= 4 is 5.96 Å². The fourth-order valence-corrected chi connectivity index (χ4v) is 2.85. The molecule has 0 aliphatic carbocycles. The molecule has 0 amide bonds. The summed E-state index contributed by atoms with van der Waals surface area (Å²) in [6, 6.07) is 8.11. The van der Waals surface area contributed by atoms with Gasteiger partial charge in [0, 0.05) is 33.2 Å². The zero-order chi connectivity index (χ0) is 17.9. The third-order valence-corrected chi connectivity index (χ3v) is 4.26.